The normalized spacial score (nSPS) is 10.7. The lowest BCUT2D eigenvalue weighted by atomic mass is 10.2. The van der Waals surface area contributed by atoms with Crippen molar-refractivity contribution in [2.45, 2.75) is 20.0 Å². The Morgan fingerprint density at radius 3 is 2.15 bits per heavy atom. The van der Waals surface area contributed by atoms with Gasteiger partial charge in [0.2, 0.25) is 5.91 Å². The van der Waals surface area contributed by atoms with Crippen LogP contribution in [0.15, 0.2) is 53.3 Å². The average Bonchev–Trinajstić information content (AvgIpc) is 2.93. The van der Waals surface area contributed by atoms with Gasteiger partial charge in [0.25, 0.3) is 5.91 Å². The molecule has 0 atom stereocenters. The van der Waals surface area contributed by atoms with Crippen LogP contribution in [-0.4, -0.2) is 28.0 Å². The topological polar surface area (TPSA) is 85.1 Å². The number of fused-ring (bicyclic) bond motifs is 1. The Morgan fingerprint density at radius 1 is 0.962 bits per heavy atom. The van der Waals surface area contributed by atoms with Crippen molar-refractivity contribution in [3.63, 3.8) is 0 Å². The summed E-state index contributed by atoms with van der Waals surface area (Å²) in [6.07, 6.45) is 0. The van der Waals surface area contributed by atoms with E-state index >= 15 is 0 Å². The maximum Gasteiger partial charge on any atom is 0.329 e. The summed E-state index contributed by atoms with van der Waals surface area (Å²) in [4.78, 5) is 36.5. The second-order valence-electron chi connectivity index (χ2n) is 5.81. The number of amides is 2. The highest BCUT2D eigenvalue weighted by Crippen LogP contribution is 2.14. The van der Waals surface area contributed by atoms with Crippen LogP contribution in [0, 0.1) is 0 Å². The lowest BCUT2D eigenvalue weighted by molar-refractivity contribution is -0.116. The third-order valence-electron chi connectivity index (χ3n) is 4.20. The molecule has 0 fully saturated rings. The molecule has 134 valence electrons. The van der Waals surface area contributed by atoms with E-state index in [2.05, 4.69) is 10.6 Å². The van der Waals surface area contributed by atoms with Crippen LogP contribution < -0.4 is 16.3 Å². The molecule has 0 bridgehead atoms. The molecule has 3 aromatic rings. The molecular weight excluding hydrogens is 332 g/mol. The maximum atomic E-state index is 12.6. The van der Waals surface area contributed by atoms with Crippen LogP contribution in [0.5, 0.6) is 0 Å². The van der Waals surface area contributed by atoms with Crippen molar-refractivity contribution in [2.24, 2.45) is 0 Å². The van der Waals surface area contributed by atoms with Gasteiger partial charge in [-0.2, -0.15) is 0 Å². The number of para-hydroxylation sites is 2. The number of anilines is 1. The van der Waals surface area contributed by atoms with E-state index in [1.807, 2.05) is 31.2 Å². The second kappa shape index (κ2) is 7.26. The number of nitrogens with zero attached hydrogens (tertiary/aromatic N) is 2. The van der Waals surface area contributed by atoms with E-state index in [0.717, 1.165) is 11.0 Å². The molecule has 0 saturated carbocycles. The molecular formula is C19H20N4O3. The summed E-state index contributed by atoms with van der Waals surface area (Å²) in [5, 5.41) is 5.29. The van der Waals surface area contributed by atoms with E-state index in [1.165, 1.54) is 4.57 Å². The summed E-state index contributed by atoms with van der Waals surface area (Å²) in [5.74, 6) is -0.499. The molecule has 3 rings (SSSR count). The monoisotopic (exact) mass is 352 g/mol. The standard InChI is InChI=1S/C19H20N4O3/c1-3-22-15-6-4-5-7-16(15)23(19(22)26)12-17(24)21-14-10-8-13(9-11-14)18(25)20-2/h4-11H,3,12H2,1-2H3,(H,20,25)(H,21,24). The maximum absolute atomic E-state index is 12.6. The molecule has 7 nitrogen and oxygen atoms in total. The first-order chi connectivity index (χ1) is 12.5. The van der Waals surface area contributed by atoms with E-state index in [1.54, 1.807) is 35.9 Å². The Morgan fingerprint density at radius 2 is 1.58 bits per heavy atom. The minimum atomic E-state index is -0.307. The lowest BCUT2D eigenvalue weighted by Gasteiger charge is -2.07. The van der Waals surface area contributed by atoms with Crippen LogP contribution in [-0.2, 0) is 17.9 Å². The smallest absolute Gasteiger partial charge is 0.329 e. The van der Waals surface area contributed by atoms with E-state index < -0.39 is 0 Å². The molecule has 2 N–H and O–H groups in total. The zero-order valence-corrected chi connectivity index (χ0v) is 14.7. The fourth-order valence-electron chi connectivity index (χ4n) is 2.92. The number of aryl methyl sites for hydroxylation is 1. The van der Waals surface area contributed by atoms with Gasteiger partial charge in [-0.15, -0.1) is 0 Å². The Balaban J connectivity index is 1.81. The lowest BCUT2D eigenvalue weighted by Crippen LogP contribution is -2.29. The quantitative estimate of drug-likeness (QED) is 0.734. The minimum Gasteiger partial charge on any atom is -0.355 e. The third-order valence-corrected chi connectivity index (χ3v) is 4.20. The summed E-state index contributed by atoms with van der Waals surface area (Å²) >= 11 is 0. The van der Waals surface area contributed by atoms with Crippen LogP contribution in [0.3, 0.4) is 0 Å². The molecule has 0 saturated heterocycles. The van der Waals surface area contributed by atoms with E-state index in [-0.39, 0.29) is 24.0 Å². The number of aromatic nitrogens is 2. The van der Waals surface area contributed by atoms with Crippen LogP contribution in [0.1, 0.15) is 17.3 Å². The molecule has 0 radical (unpaired) electrons. The van der Waals surface area contributed by atoms with Gasteiger partial charge in [0.05, 0.1) is 11.0 Å². The number of imidazole rings is 1. The Labute approximate surface area is 150 Å². The molecule has 0 unspecified atom stereocenters. The number of hydrogen-bond donors (Lipinski definition) is 2. The zero-order valence-electron chi connectivity index (χ0n) is 14.7. The van der Waals surface area contributed by atoms with Crippen molar-refractivity contribution < 1.29 is 9.59 Å². The molecule has 2 amide bonds. The summed E-state index contributed by atoms with van der Waals surface area (Å²) in [6.45, 7) is 2.35. The second-order valence-corrected chi connectivity index (χ2v) is 5.81. The van der Waals surface area contributed by atoms with Gasteiger partial charge in [0.15, 0.2) is 0 Å². The van der Waals surface area contributed by atoms with Crippen molar-refractivity contribution in [3.05, 3.63) is 64.6 Å². The molecule has 0 spiro atoms. The summed E-state index contributed by atoms with van der Waals surface area (Å²) in [7, 11) is 1.56. The first-order valence-electron chi connectivity index (χ1n) is 8.35. The zero-order chi connectivity index (χ0) is 18.7. The highest BCUT2D eigenvalue weighted by molar-refractivity contribution is 5.95. The summed E-state index contributed by atoms with van der Waals surface area (Å²) in [6, 6.07) is 14.0. The van der Waals surface area contributed by atoms with Gasteiger partial charge >= 0.3 is 5.69 Å². The molecule has 0 aliphatic carbocycles. The fourth-order valence-corrected chi connectivity index (χ4v) is 2.92. The van der Waals surface area contributed by atoms with Gasteiger partial charge in [0, 0.05) is 24.8 Å². The number of rotatable bonds is 5. The molecule has 2 aromatic carbocycles. The van der Waals surface area contributed by atoms with Crippen LogP contribution in [0.25, 0.3) is 11.0 Å². The van der Waals surface area contributed by atoms with E-state index in [0.29, 0.717) is 17.8 Å². The fraction of sp³-hybridized carbons (Fsp3) is 0.211. The Kier molecular flexibility index (Phi) is 4.88. The Bertz CT molecular complexity index is 1020. The van der Waals surface area contributed by atoms with Crippen molar-refractivity contribution >= 4 is 28.5 Å². The number of hydrogen-bond acceptors (Lipinski definition) is 3. The number of nitrogens with one attached hydrogen (secondary N) is 2. The Hall–Kier alpha value is -3.35. The largest absolute Gasteiger partial charge is 0.355 e. The molecule has 1 aromatic heterocycles. The van der Waals surface area contributed by atoms with Gasteiger partial charge in [-0.25, -0.2) is 4.79 Å². The molecule has 26 heavy (non-hydrogen) atoms. The number of benzene rings is 2. The number of carbonyl (C=O) groups excluding carboxylic acids is 2. The van der Waals surface area contributed by atoms with Crippen LogP contribution in [0.2, 0.25) is 0 Å². The molecule has 0 aliphatic rings. The van der Waals surface area contributed by atoms with Crippen molar-refractivity contribution in [3.8, 4) is 0 Å². The van der Waals surface area contributed by atoms with Gasteiger partial charge < -0.3 is 10.6 Å². The SMILES string of the molecule is CCn1c(=O)n(CC(=O)Nc2ccc(C(=O)NC)cc2)c2ccccc21. The summed E-state index contributed by atoms with van der Waals surface area (Å²) in [5.41, 5.74) is 2.40. The predicted octanol–water partition coefficient (Wildman–Crippen LogP) is 1.82. The van der Waals surface area contributed by atoms with Crippen molar-refractivity contribution in [2.75, 3.05) is 12.4 Å². The third kappa shape index (κ3) is 3.23. The van der Waals surface area contributed by atoms with Gasteiger partial charge in [0.1, 0.15) is 6.54 Å². The summed E-state index contributed by atoms with van der Waals surface area (Å²) < 4.78 is 3.10. The van der Waals surface area contributed by atoms with Crippen molar-refractivity contribution in [1.82, 2.24) is 14.5 Å². The average molecular weight is 352 g/mol. The first-order valence-corrected chi connectivity index (χ1v) is 8.35. The van der Waals surface area contributed by atoms with E-state index in [9.17, 15) is 14.4 Å². The molecule has 7 heteroatoms. The van der Waals surface area contributed by atoms with Gasteiger partial charge in [-0.1, -0.05) is 12.1 Å². The van der Waals surface area contributed by atoms with Gasteiger partial charge in [-0.05, 0) is 43.3 Å². The first kappa shape index (κ1) is 17.5. The number of carbonyl (C=O) groups is 2. The van der Waals surface area contributed by atoms with Crippen LogP contribution in [0.4, 0.5) is 5.69 Å². The van der Waals surface area contributed by atoms with Crippen molar-refractivity contribution in [1.29, 1.82) is 0 Å². The highest BCUT2D eigenvalue weighted by Gasteiger charge is 2.14. The van der Waals surface area contributed by atoms with Gasteiger partial charge in [-0.3, -0.25) is 18.7 Å². The molecule has 1 heterocycles. The highest BCUT2D eigenvalue weighted by atomic mass is 16.2. The van der Waals surface area contributed by atoms with E-state index in [4.69, 9.17) is 0 Å². The minimum absolute atomic E-state index is 0.0798. The predicted molar refractivity (Wildman–Crippen MR) is 100 cm³/mol. The van der Waals surface area contributed by atoms with Crippen LogP contribution >= 0.6 is 0 Å². The molecule has 0 aliphatic heterocycles.